The molecule has 0 unspecified atom stereocenters. The van der Waals surface area contributed by atoms with E-state index in [0.717, 1.165) is 31.2 Å². The van der Waals surface area contributed by atoms with Crippen LogP contribution in [-0.2, 0) is 5.54 Å². The monoisotopic (exact) mass is 274 g/mol. The molecule has 5 heteroatoms. The molecule has 1 fully saturated rings. The Morgan fingerprint density at radius 2 is 2.00 bits per heavy atom. The largest absolute Gasteiger partial charge is 0.478 e. The second-order valence-electron chi connectivity index (χ2n) is 5.86. The van der Waals surface area contributed by atoms with E-state index in [1.165, 1.54) is 12.5 Å². The fraction of sp³-hybridized carbons (Fsp3) is 0.467. The predicted molar refractivity (Wildman–Crippen MR) is 76.3 cm³/mol. The third kappa shape index (κ3) is 1.94. The van der Waals surface area contributed by atoms with Crippen molar-refractivity contribution in [3.8, 4) is 0 Å². The minimum atomic E-state index is -0.982. The zero-order chi connectivity index (χ0) is 14.3. The van der Waals surface area contributed by atoms with Crippen molar-refractivity contribution in [3.63, 3.8) is 0 Å². The minimum Gasteiger partial charge on any atom is -0.478 e. The van der Waals surface area contributed by atoms with E-state index < -0.39 is 5.97 Å². The molecule has 0 aliphatic heterocycles. The van der Waals surface area contributed by atoms with Crippen LogP contribution in [-0.4, -0.2) is 20.6 Å². The Balaban J connectivity index is 2.18. The van der Waals surface area contributed by atoms with Gasteiger partial charge in [0.1, 0.15) is 0 Å². The molecule has 0 saturated heterocycles. The molecule has 1 aromatic heterocycles. The molecule has 2 N–H and O–H groups in total. The molecule has 1 aliphatic carbocycles. The van der Waals surface area contributed by atoms with Crippen LogP contribution in [0.3, 0.4) is 0 Å². The van der Waals surface area contributed by atoms with Crippen LogP contribution in [0.15, 0.2) is 23.0 Å². The number of nitrogens with zero attached hydrogens (tertiary/aromatic N) is 1. The van der Waals surface area contributed by atoms with Gasteiger partial charge in [-0.2, -0.15) is 0 Å². The number of carbonyl (C=O) groups is 1. The maximum absolute atomic E-state index is 12.3. The van der Waals surface area contributed by atoms with E-state index in [1.807, 2.05) is 4.57 Å². The van der Waals surface area contributed by atoms with Crippen molar-refractivity contribution in [1.82, 2.24) is 9.55 Å². The van der Waals surface area contributed by atoms with Gasteiger partial charge in [-0.25, -0.2) is 9.59 Å². The highest BCUT2D eigenvalue weighted by atomic mass is 16.4. The number of rotatable bonds is 2. The maximum atomic E-state index is 12.3. The molecular weight excluding hydrogens is 256 g/mol. The van der Waals surface area contributed by atoms with E-state index >= 15 is 0 Å². The van der Waals surface area contributed by atoms with E-state index in [-0.39, 0.29) is 16.8 Å². The second-order valence-corrected chi connectivity index (χ2v) is 5.86. The Hall–Kier alpha value is -2.04. The number of imidazole rings is 1. The number of nitrogens with one attached hydrogen (secondary N) is 1. The van der Waals surface area contributed by atoms with Crippen LogP contribution in [0.4, 0.5) is 0 Å². The summed E-state index contributed by atoms with van der Waals surface area (Å²) in [6.07, 6.45) is 5.45. The Bertz CT molecular complexity index is 720. The number of aromatic carboxylic acids is 1. The second kappa shape index (κ2) is 4.51. The fourth-order valence-electron chi connectivity index (χ4n) is 3.32. The van der Waals surface area contributed by atoms with Gasteiger partial charge in [-0.3, -0.25) is 4.57 Å². The molecule has 0 bridgehead atoms. The van der Waals surface area contributed by atoms with Crippen LogP contribution in [0, 0.1) is 0 Å². The predicted octanol–water partition coefficient (Wildman–Crippen LogP) is 2.71. The first-order valence-corrected chi connectivity index (χ1v) is 7.00. The van der Waals surface area contributed by atoms with E-state index in [4.69, 9.17) is 5.11 Å². The average Bonchev–Trinajstić information content (AvgIpc) is 2.74. The lowest BCUT2D eigenvalue weighted by atomic mass is 9.83. The molecule has 0 radical (unpaired) electrons. The maximum Gasteiger partial charge on any atom is 0.335 e. The van der Waals surface area contributed by atoms with Gasteiger partial charge in [0, 0.05) is 5.54 Å². The summed E-state index contributed by atoms with van der Waals surface area (Å²) < 4.78 is 1.81. The summed E-state index contributed by atoms with van der Waals surface area (Å²) in [5.74, 6) is -0.982. The Kier molecular flexibility index (Phi) is 2.92. The highest BCUT2D eigenvalue weighted by Crippen LogP contribution is 2.35. The number of H-pyrrole nitrogens is 1. The van der Waals surface area contributed by atoms with Gasteiger partial charge in [0.15, 0.2) is 0 Å². The summed E-state index contributed by atoms with van der Waals surface area (Å²) in [6, 6.07) is 4.82. The van der Waals surface area contributed by atoms with Crippen LogP contribution in [0.1, 0.15) is 49.4 Å². The van der Waals surface area contributed by atoms with Gasteiger partial charge in [0.25, 0.3) is 0 Å². The summed E-state index contributed by atoms with van der Waals surface area (Å²) in [5.41, 5.74) is 1.27. The van der Waals surface area contributed by atoms with E-state index in [0.29, 0.717) is 5.52 Å². The molecule has 0 amide bonds. The summed E-state index contributed by atoms with van der Waals surface area (Å²) >= 11 is 0. The first-order valence-electron chi connectivity index (χ1n) is 7.00. The van der Waals surface area contributed by atoms with Crippen LogP contribution in [0.5, 0.6) is 0 Å². The van der Waals surface area contributed by atoms with Gasteiger partial charge >= 0.3 is 11.7 Å². The molecule has 2 aromatic rings. The number of hydrogen-bond donors (Lipinski definition) is 2. The van der Waals surface area contributed by atoms with Gasteiger partial charge in [0.2, 0.25) is 0 Å². The summed E-state index contributed by atoms with van der Waals surface area (Å²) in [7, 11) is 0. The van der Waals surface area contributed by atoms with E-state index in [2.05, 4.69) is 11.9 Å². The van der Waals surface area contributed by atoms with Gasteiger partial charge in [-0.1, -0.05) is 19.3 Å². The number of benzene rings is 1. The first-order chi connectivity index (χ1) is 9.51. The third-order valence-electron chi connectivity index (χ3n) is 4.40. The van der Waals surface area contributed by atoms with Gasteiger partial charge in [-0.05, 0) is 38.0 Å². The average molecular weight is 274 g/mol. The molecule has 20 heavy (non-hydrogen) atoms. The number of carboxylic acid groups (broad SMARTS) is 1. The number of carboxylic acids is 1. The standard InChI is InChI=1S/C15H18N2O3/c1-15(7-3-2-4-8-15)17-12-6-5-10(13(18)19)9-11(12)16-14(17)20/h5-6,9H,2-4,7-8H2,1H3,(H,16,20)(H,18,19). The minimum absolute atomic E-state index is 0.146. The highest BCUT2D eigenvalue weighted by Gasteiger charge is 2.31. The summed E-state index contributed by atoms with van der Waals surface area (Å²) in [6.45, 7) is 2.12. The molecule has 0 atom stereocenters. The molecule has 0 spiro atoms. The summed E-state index contributed by atoms with van der Waals surface area (Å²) in [4.78, 5) is 26.1. The number of aromatic nitrogens is 2. The zero-order valence-corrected chi connectivity index (χ0v) is 11.5. The summed E-state index contributed by atoms with van der Waals surface area (Å²) in [5, 5.41) is 9.02. The zero-order valence-electron chi connectivity index (χ0n) is 11.5. The van der Waals surface area contributed by atoms with Crippen molar-refractivity contribution >= 4 is 17.0 Å². The van der Waals surface area contributed by atoms with Crippen molar-refractivity contribution in [1.29, 1.82) is 0 Å². The Morgan fingerprint density at radius 3 is 2.65 bits per heavy atom. The molecule has 1 saturated carbocycles. The highest BCUT2D eigenvalue weighted by molar-refractivity contribution is 5.92. The van der Waals surface area contributed by atoms with Crippen molar-refractivity contribution in [2.75, 3.05) is 0 Å². The number of fused-ring (bicyclic) bond motifs is 1. The molecule has 1 aliphatic rings. The smallest absolute Gasteiger partial charge is 0.335 e. The molecule has 5 nitrogen and oxygen atoms in total. The van der Waals surface area contributed by atoms with Crippen molar-refractivity contribution in [2.24, 2.45) is 0 Å². The van der Waals surface area contributed by atoms with Crippen molar-refractivity contribution in [2.45, 2.75) is 44.6 Å². The SMILES string of the molecule is CC1(n2c(=O)[nH]c3cc(C(=O)O)ccc32)CCCCC1. The fourth-order valence-corrected chi connectivity index (χ4v) is 3.32. The molecule has 1 aromatic carbocycles. The Labute approximate surface area is 116 Å². The molecule has 1 heterocycles. The molecule has 106 valence electrons. The van der Waals surface area contributed by atoms with Crippen LogP contribution >= 0.6 is 0 Å². The van der Waals surface area contributed by atoms with Crippen LogP contribution < -0.4 is 5.69 Å². The van der Waals surface area contributed by atoms with Gasteiger partial charge < -0.3 is 10.1 Å². The van der Waals surface area contributed by atoms with Gasteiger partial charge in [0.05, 0.1) is 16.6 Å². The van der Waals surface area contributed by atoms with Crippen molar-refractivity contribution < 1.29 is 9.90 Å². The molecule has 3 rings (SSSR count). The van der Waals surface area contributed by atoms with Crippen molar-refractivity contribution in [3.05, 3.63) is 34.2 Å². The molecular formula is C15H18N2O3. The normalized spacial score (nSPS) is 18.2. The van der Waals surface area contributed by atoms with E-state index in [1.54, 1.807) is 12.1 Å². The lowest BCUT2D eigenvalue weighted by Gasteiger charge is -2.34. The van der Waals surface area contributed by atoms with Crippen LogP contribution in [0.2, 0.25) is 0 Å². The third-order valence-corrected chi connectivity index (χ3v) is 4.40. The lowest BCUT2D eigenvalue weighted by molar-refractivity contribution is 0.0697. The van der Waals surface area contributed by atoms with Gasteiger partial charge in [-0.15, -0.1) is 0 Å². The van der Waals surface area contributed by atoms with E-state index in [9.17, 15) is 9.59 Å². The number of hydrogen-bond acceptors (Lipinski definition) is 2. The lowest BCUT2D eigenvalue weighted by Crippen LogP contribution is -2.38. The van der Waals surface area contributed by atoms with Crippen LogP contribution in [0.25, 0.3) is 11.0 Å². The topological polar surface area (TPSA) is 75.1 Å². The first kappa shape index (κ1) is 13.0. The quantitative estimate of drug-likeness (QED) is 0.884. The number of aromatic amines is 1. The Morgan fingerprint density at radius 1 is 1.30 bits per heavy atom.